The maximum atomic E-state index is 5.92. The molecule has 0 aliphatic heterocycles. The molecule has 0 saturated heterocycles. The Hall–Kier alpha value is 0.120. The molecule has 0 aliphatic rings. The van der Waals surface area contributed by atoms with E-state index >= 15 is 0 Å². The normalized spacial score (nSPS) is 11.2. The molecular formula is C9H6Cl4. The number of allylic oxidation sites excluding steroid dienone is 1. The smallest absolute Gasteiger partial charge is 0.0799 e. The van der Waals surface area contributed by atoms with Crippen molar-refractivity contribution in [3.05, 3.63) is 37.8 Å². The van der Waals surface area contributed by atoms with Crippen LogP contribution in [0.5, 0.6) is 0 Å². The van der Waals surface area contributed by atoms with E-state index in [-0.39, 0.29) is 0 Å². The lowest BCUT2D eigenvalue weighted by atomic mass is 10.2. The summed E-state index contributed by atoms with van der Waals surface area (Å²) in [6.45, 7) is 1.88. The van der Waals surface area contributed by atoms with Gasteiger partial charge in [0.25, 0.3) is 0 Å². The van der Waals surface area contributed by atoms with Crippen molar-refractivity contribution >= 4 is 52.5 Å². The Morgan fingerprint density at radius 1 is 1.00 bits per heavy atom. The first-order valence-corrected chi connectivity index (χ1v) is 5.04. The van der Waals surface area contributed by atoms with Crippen molar-refractivity contribution < 1.29 is 0 Å². The van der Waals surface area contributed by atoms with Crippen molar-refractivity contribution in [1.29, 1.82) is 0 Å². The summed E-state index contributed by atoms with van der Waals surface area (Å²) in [6.07, 6.45) is 3.66. The number of hydrogen-bond donors (Lipinski definition) is 0. The Labute approximate surface area is 97.0 Å². The molecule has 0 radical (unpaired) electrons. The van der Waals surface area contributed by atoms with E-state index in [1.54, 1.807) is 6.07 Å². The predicted octanol–water partition coefficient (Wildman–Crippen LogP) is 5.33. The molecule has 0 amide bonds. The maximum Gasteiger partial charge on any atom is 0.0799 e. The second kappa shape index (κ2) is 4.56. The third kappa shape index (κ3) is 2.32. The summed E-state index contributed by atoms with van der Waals surface area (Å²) >= 11 is 23.4. The molecular weight excluding hydrogens is 250 g/mol. The number of rotatable bonds is 1. The number of benzene rings is 1. The van der Waals surface area contributed by atoms with E-state index in [9.17, 15) is 0 Å². The van der Waals surface area contributed by atoms with E-state index in [0.29, 0.717) is 20.1 Å². The Bertz CT molecular complexity index is 355. The van der Waals surface area contributed by atoms with Crippen LogP contribution in [0.2, 0.25) is 20.1 Å². The summed E-state index contributed by atoms with van der Waals surface area (Å²) in [6, 6.07) is 1.68. The zero-order valence-corrected chi connectivity index (χ0v) is 9.77. The third-order valence-corrected chi connectivity index (χ3v) is 3.24. The average molecular weight is 256 g/mol. The highest BCUT2D eigenvalue weighted by atomic mass is 35.5. The minimum absolute atomic E-state index is 0.293. The van der Waals surface area contributed by atoms with Gasteiger partial charge in [0, 0.05) is 0 Å². The van der Waals surface area contributed by atoms with Gasteiger partial charge in [0.2, 0.25) is 0 Å². The fraction of sp³-hybridized carbons (Fsp3) is 0.111. The summed E-state index contributed by atoms with van der Waals surface area (Å²) in [4.78, 5) is 0. The van der Waals surface area contributed by atoms with Gasteiger partial charge in [0.1, 0.15) is 0 Å². The molecule has 0 unspecified atom stereocenters. The molecule has 1 aromatic carbocycles. The number of hydrogen-bond acceptors (Lipinski definition) is 0. The summed E-state index contributed by atoms with van der Waals surface area (Å²) in [5.74, 6) is 0. The van der Waals surface area contributed by atoms with E-state index in [4.69, 9.17) is 46.4 Å². The van der Waals surface area contributed by atoms with Crippen LogP contribution >= 0.6 is 46.4 Å². The van der Waals surface area contributed by atoms with Crippen LogP contribution in [0.25, 0.3) is 6.08 Å². The first-order chi connectivity index (χ1) is 6.07. The monoisotopic (exact) mass is 254 g/mol. The van der Waals surface area contributed by atoms with Crippen molar-refractivity contribution in [3.63, 3.8) is 0 Å². The molecule has 0 spiro atoms. The molecule has 0 bridgehead atoms. The van der Waals surface area contributed by atoms with Gasteiger partial charge in [0.05, 0.1) is 20.1 Å². The molecule has 1 aromatic rings. The molecule has 0 nitrogen and oxygen atoms in total. The molecule has 13 heavy (non-hydrogen) atoms. The van der Waals surface area contributed by atoms with Crippen LogP contribution in [0.1, 0.15) is 12.5 Å². The van der Waals surface area contributed by atoms with E-state index in [1.807, 2.05) is 19.1 Å². The first kappa shape index (κ1) is 11.2. The quantitative estimate of drug-likeness (QED) is 0.470. The van der Waals surface area contributed by atoms with Crippen molar-refractivity contribution in [3.8, 4) is 0 Å². The van der Waals surface area contributed by atoms with E-state index in [2.05, 4.69) is 0 Å². The zero-order valence-electron chi connectivity index (χ0n) is 6.74. The van der Waals surface area contributed by atoms with Gasteiger partial charge in [-0.1, -0.05) is 58.6 Å². The second-order valence-electron chi connectivity index (χ2n) is 2.39. The first-order valence-electron chi connectivity index (χ1n) is 3.53. The fourth-order valence-corrected chi connectivity index (χ4v) is 1.77. The molecule has 0 fully saturated rings. The van der Waals surface area contributed by atoms with Gasteiger partial charge in [-0.2, -0.15) is 0 Å². The van der Waals surface area contributed by atoms with Crippen molar-refractivity contribution in [2.75, 3.05) is 0 Å². The van der Waals surface area contributed by atoms with Gasteiger partial charge in [0.15, 0.2) is 0 Å². The van der Waals surface area contributed by atoms with E-state index < -0.39 is 0 Å². The lowest BCUT2D eigenvalue weighted by molar-refractivity contribution is 1.63. The molecule has 0 atom stereocenters. The molecule has 70 valence electrons. The van der Waals surface area contributed by atoms with Crippen molar-refractivity contribution in [2.24, 2.45) is 0 Å². The van der Waals surface area contributed by atoms with Crippen molar-refractivity contribution in [2.45, 2.75) is 6.92 Å². The Morgan fingerprint density at radius 3 is 2.15 bits per heavy atom. The minimum Gasteiger partial charge on any atom is -0.0870 e. The lowest BCUT2D eigenvalue weighted by Crippen LogP contribution is -1.80. The maximum absolute atomic E-state index is 5.92. The van der Waals surface area contributed by atoms with E-state index in [0.717, 1.165) is 5.56 Å². The highest BCUT2D eigenvalue weighted by Crippen LogP contribution is 2.38. The standard InChI is InChI=1S/C9H6Cl4/c1-2-3-5-4-6(10)8(12)9(13)7(5)11/h2-4H,1H3/b3-2+. The van der Waals surface area contributed by atoms with Crippen molar-refractivity contribution in [1.82, 2.24) is 0 Å². The van der Waals surface area contributed by atoms with E-state index in [1.165, 1.54) is 0 Å². The Morgan fingerprint density at radius 2 is 1.62 bits per heavy atom. The molecule has 0 aliphatic carbocycles. The van der Waals surface area contributed by atoms with Gasteiger partial charge in [-0.25, -0.2) is 0 Å². The van der Waals surface area contributed by atoms with Gasteiger partial charge in [-0.3, -0.25) is 0 Å². The largest absolute Gasteiger partial charge is 0.0870 e. The van der Waals surface area contributed by atoms with Gasteiger partial charge >= 0.3 is 0 Å². The highest BCUT2D eigenvalue weighted by Gasteiger charge is 2.10. The van der Waals surface area contributed by atoms with Crippen LogP contribution in [0, 0.1) is 0 Å². The zero-order chi connectivity index (χ0) is 10.0. The van der Waals surface area contributed by atoms with Gasteiger partial charge < -0.3 is 0 Å². The predicted molar refractivity (Wildman–Crippen MR) is 61.2 cm³/mol. The molecule has 0 aromatic heterocycles. The topological polar surface area (TPSA) is 0 Å². The van der Waals surface area contributed by atoms with Gasteiger partial charge in [-0.15, -0.1) is 0 Å². The summed E-state index contributed by atoms with van der Waals surface area (Å²) < 4.78 is 0. The third-order valence-electron chi connectivity index (χ3n) is 1.48. The molecule has 0 N–H and O–H groups in total. The Balaban J connectivity index is 3.40. The summed E-state index contributed by atoms with van der Waals surface area (Å²) in [7, 11) is 0. The highest BCUT2D eigenvalue weighted by molar-refractivity contribution is 6.52. The molecule has 0 heterocycles. The van der Waals surface area contributed by atoms with Crippen LogP contribution in [0.15, 0.2) is 12.1 Å². The average Bonchev–Trinajstić information content (AvgIpc) is 2.11. The fourth-order valence-electron chi connectivity index (χ4n) is 0.892. The molecule has 4 heteroatoms. The summed E-state index contributed by atoms with van der Waals surface area (Å²) in [5.41, 5.74) is 0.767. The molecule has 0 saturated carbocycles. The SMILES string of the molecule is C/C=C/c1cc(Cl)c(Cl)c(Cl)c1Cl. The van der Waals surface area contributed by atoms with Crippen LogP contribution in [0.3, 0.4) is 0 Å². The van der Waals surface area contributed by atoms with Crippen LogP contribution in [-0.4, -0.2) is 0 Å². The molecule has 1 rings (SSSR count). The second-order valence-corrected chi connectivity index (χ2v) is 3.93. The minimum atomic E-state index is 0.293. The van der Waals surface area contributed by atoms with Crippen LogP contribution in [0.4, 0.5) is 0 Å². The summed E-state index contributed by atoms with van der Waals surface area (Å²) in [5, 5.41) is 1.42. The van der Waals surface area contributed by atoms with Crippen LogP contribution < -0.4 is 0 Å². The lowest BCUT2D eigenvalue weighted by Gasteiger charge is -2.04. The number of halogens is 4. The Kier molecular flexibility index (Phi) is 3.93. The van der Waals surface area contributed by atoms with Gasteiger partial charge in [-0.05, 0) is 18.6 Å². The van der Waals surface area contributed by atoms with Crippen LogP contribution in [-0.2, 0) is 0 Å².